The maximum Gasteiger partial charge on any atom is 0.233 e. The molecule has 0 radical (unpaired) electrons. The molecule has 0 unspecified atom stereocenters. The van der Waals surface area contributed by atoms with Gasteiger partial charge in [0.05, 0.1) is 17.3 Å². The summed E-state index contributed by atoms with van der Waals surface area (Å²) in [5.41, 5.74) is 0. The van der Waals surface area contributed by atoms with Crippen molar-refractivity contribution in [2.24, 2.45) is 13.0 Å². The van der Waals surface area contributed by atoms with Gasteiger partial charge in [-0.3, -0.25) is 4.79 Å². The molecule has 3 heterocycles. The third-order valence-electron chi connectivity index (χ3n) is 5.17. The average Bonchev–Trinajstić information content (AvgIpc) is 3.08. The van der Waals surface area contributed by atoms with Crippen LogP contribution in [-0.4, -0.2) is 63.8 Å². The number of rotatable bonds is 5. The summed E-state index contributed by atoms with van der Waals surface area (Å²) < 4.78 is 25.1. The molecule has 2 atom stereocenters. The lowest BCUT2D eigenvalue weighted by atomic mass is 10.0. The van der Waals surface area contributed by atoms with Crippen LogP contribution in [0.4, 0.5) is 0 Å². The van der Waals surface area contributed by atoms with Gasteiger partial charge in [-0.05, 0) is 38.5 Å². The third kappa shape index (κ3) is 4.55. The van der Waals surface area contributed by atoms with E-state index < -0.39 is 9.84 Å². The highest BCUT2D eigenvalue weighted by Gasteiger charge is 2.29. The van der Waals surface area contributed by atoms with E-state index in [9.17, 15) is 13.2 Å². The second kappa shape index (κ2) is 7.65. The molecule has 140 valence electrons. The molecule has 7 nitrogen and oxygen atoms in total. The number of carbonyl (C=O) groups excluding carboxylic acids is 1. The SMILES string of the molecule is C[C@@H]1CCCCN1C(=O)CSc1nnc(C[C@@H]2CCS(=O)(=O)C2)n1C. The van der Waals surface area contributed by atoms with Crippen molar-refractivity contribution in [3.63, 3.8) is 0 Å². The minimum Gasteiger partial charge on any atom is -0.339 e. The standard InChI is InChI=1S/C16H26N4O3S2/c1-12-5-3-4-7-20(12)15(21)10-24-16-18-17-14(19(16)2)9-13-6-8-25(22,23)11-13/h12-13H,3-11H2,1-2H3/t12-,13+/m1/s1. The fourth-order valence-electron chi connectivity index (χ4n) is 3.62. The molecule has 0 aromatic carbocycles. The van der Waals surface area contributed by atoms with Crippen LogP contribution in [-0.2, 0) is 28.1 Å². The Hall–Kier alpha value is -1.09. The number of thioether (sulfide) groups is 1. The second-order valence-corrected chi connectivity index (χ2v) is 10.3. The van der Waals surface area contributed by atoms with Gasteiger partial charge < -0.3 is 9.47 Å². The van der Waals surface area contributed by atoms with E-state index in [2.05, 4.69) is 17.1 Å². The van der Waals surface area contributed by atoms with E-state index in [1.54, 1.807) is 0 Å². The predicted molar refractivity (Wildman–Crippen MR) is 97.2 cm³/mol. The zero-order chi connectivity index (χ0) is 18.0. The van der Waals surface area contributed by atoms with Gasteiger partial charge in [0.25, 0.3) is 0 Å². The van der Waals surface area contributed by atoms with Crippen LogP contribution >= 0.6 is 11.8 Å². The number of nitrogens with zero attached hydrogens (tertiary/aromatic N) is 4. The number of likely N-dealkylation sites (tertiary alicyclic amines) is 1. The fourth-order valence-corrected chi connectivity index (χ4v) is 6.30. The minimum absolute atomic E-state index is 0.126. The van der Waals surface area contributed by atoms with Crippen LogP contribution in [0.1, 0.15) is 38.4 Å². The maximum atomic E-state index is 12.4. The van der Waals surface area contributed by atoms with Crippen LogP contribution in [0.5, 0.6) is 0 Å². The topological polar surface area (TPSA) is 85.2 Å². The van der Waals surface area contributed by atoms with Crippen molar-refractivity contribution in [3.05, 3.63) is 5.82 Å². The first-order valence-corrected chi connectivity index (χ1v) is 11.7. The highest BCUT2D eigenvalue weighted by atomic mass is 32.2. The molecule has 2 fully saturated rings. The van der Waals surface area contributed by atoms with Gasteiger partial charge in [0.1, 0.15) is 5.82 Å². The van der Waals surface area contributed by atoms with Crippen LogP contribution in [0.25, 0.3) is 0 Å². The lowest BCUT2D eigenvalue weighted by molar-refractivity contribution is -0.131. The van der Waals surface area contributed by atoms with Gasteiger partial charge in [-0.25, -0.2) is 8.42 Å². The lowest BCUT2D eigenvalue weighted by Crippen LogP contribution is -2.42. The molecule has 0 saturated carbocycles. The van der Waals surface area contributed by atoms with E-state index in [-0.39, 0.29) is 23.3 Å². The third-order valence-corrected chi connectivity index (χ3v) is 8.01. The van der Waals surface area contributed by atoms with Crippen LogP contribution in [0, 0.1) is 5.92 Å². The second-order valence-electron chi connectivity index (χ2n) is 7.15. The fraction of sp³-hybridized carbons (Fsp3) is 0.812. The van der Waals surface area contributed by atoms with Crippen molar-refractivity contribution < 1.29 is 13.2 Å². The zero-order valence-corrected chi connectivity index (χ0v) is 16.5. The Bertz CT molecular complexity index is 732. The molecule has 1 aromatic rings. The van der Waals surface area contributed by atoms with Crippen molar-refractivity contribution in [1.29, 1.82) is 0 Å². The molecular weight excluding hydrogens is 360 g/mol. The van der Waals surface area contributed by atoms with E-state index in [1.165, 1.54) is 18.2 Å². The van der Waals surface area contributed by atoms with Gasteiger partial charge in [-0.1, -0.05) is 11.8 Å². The van der Waals surface area contributed by atoms with Crippen molar-refractivity contribution in [1.82, 2.24) is 19.7 Å². The lowest BCUT2D eigenvalue weighted by Gasteiger charge is -2.33. The Kier molecular flexibility index (Phi) is 5.72. The van der Waals surface area contributed by atoms with E-state index in [4.69, 9.17) is 0 Å². The largest absolute Gasteiger partial charge is 0.339 e. The number of aromatic nitrogens is 3. The molecule has 1 aromatic heterocycles. The molecule has 2 aliphatic rings. The average molecular weight is 387 g/mol. The molecule has 1 amide bonds. The molecule has 0 N–H and O–H groups in total. The van der Waals surface area contributed by atoms with Gasteiger partial charge in [-0.2, -0.15) is 0 Å². The smallest absolute Gasteiger partial charge is 0.233 e. The van der Waals surface area contributed by atoms with Crippen LogP contribution < -0.4 is 0 Å². The number of hydrogen-bond donors (Lipinski definition) is 0. The van der Waals surface area contributed by atoms with E-state index in [0.29, 0.717) is 29.8 Å². The maximum absolute atomic E-state index is 12.4. The summed E-state index contributed by atoms with van der Waals surface area (Å²) in [5.74, 6) is 1.97. The molecule has 25 heavy (non-hydrogen) atoms. The van der Waals surface area contributed by atoms with Crippen molar-refractivity contribution in [2.75, 3.05) is 23.8 Å². The van der Waals surface area contributed by atoms with Crippen LogP contribution in [0.3, 0.4) is 0 Å². The first-order valence-electron chi connectivity index (χ1n) is 8.86. The Labute approximate surface area is 153 Å². The summed E-state index contributed by atoms with van der Waals surface area (Å²) in [5, 5.41) is 9.11. The summed E-state index contributed by atoms with van der Waals surface area (Å²) in [6, 6.07) is 0.321. The Morgan fingerprint density at radius 3 is 2.76 bits per heavy atom. The number of hydrogen-bond acceptors (Lipinski definition) is 6. The molecular formula is C16H26N4O3S2. The number of sulfone groups is 1. The highest BCUT2D eigenvalue weighted by molar-refractivity contribution is 7.99. The quantitative estimate of drug-likeness (QED) is 0.709. The number of carbonyl (C=O) groups is 1. The molecule has 9 heteroatoms. The van der Waals surface area contributed by atoms with Gasteiger partial charge in [0, 0.05) is 26.1 Å². The van der Waals surface area contributed by atoms with Gasteiger partial charge in [0.15, 0.2) is 15.0 Å². The van der Waals surface area contributed by atoms with Crippen molar-refractivity contribution >= 4 is 27.5 Å². The monoisotopic (exact) mass is 386 g/mol. The molecule has 0 bridgehead atoms. The number of piperidine rings is 1. The van der Waals surface area contributed by atoms with Gasteiger partial charge in [0.2, 0.25) is 5.91 Å². The summed E-state index contributed by atoms with van der Waals surface area (Å²) in [7, 11) is -0.990. The molecule has 3 rings (SSSR count). The zero-order valence-electron chi connectivity index (χ0n) is 14.8. The van der Waals surface area contributed by atoms with Crippen LogP contribution in [0.2, 0.25) is 0 Å². The Morgan fingerprint density at radius 1 is 1.28 bits per heavy atom. The Balaban J connectivity index is 1.55. The first-order chi connectivity index (χ1) is 11.9. The summed E-state index contributed by atoms with van der Waals surface area (Å²) in [6.45, 7) is 2.96. The molecule has 0 aliphatic carbocycles. The van der Waals surface area contributed by atoms with E-state index >= 15 is 0 Å². The first kappa shape index (κ1) is 18.7. The van der Waals surface area contributed by atoms with Crippen molar-refractivity contribution in [2.45, 2.75) is 50.2 Å². The Morgan fingerprint density at radius 2 is 2.08 bits per heavy atom. The molecule has 2 saturated heterocycles. The van der Waals surface area contributed by atoms with E-state index in [0.717, 1.165) is 25.2 Å². The van der Waals surface area contributed by atoms with Crippen molar-refractivity contribution in [3.8, 4) is 0 Å². The summed E-state index contributed by atoms with van der Waals surface area (Å²) >= 11 is 1.41. The molecule has 2 aliphatic heterocycles. The minimum atomic E-state index is -2.87. The molecule has 0 spiro atoms. The normalized spacial score (nSPS) is 26.1. The predicted octanol–water partition coefficient (Wildman–Crippen LogP) is 1.29. The summed E-state index contributed by atoms with van der Waals surface area (Å²) in [4.78, 5) is 14.4. The van der Waals surface area contributed by atoms with Gasteiger partial charge in [-0.15, -0.1) is 10.2 Å². The van der Waals surface area contributed by atoms with Gasteiger partial charge >= 0.3 is 0 Å². The summed E-state index contributed by atoms with van der Waals surface area (Å²) in [6.07, 6.45) is 4.68. The van der Waals surface area contributed by atoms with Crippen LogP contribution in [0.15, 0.2) is 5.16 Å². The van der Waals surface area contributed by atoms with E-state index in [1.807, 2.05) is 16.5 Å². The number of amides is 1. The highest BCUT2D eigenvalue weighted by Crippen LogP contribution is 2.24.